The van der Waals surface area contributed by atoms with Crippen molar-refractivity contribution < 1.29 is 29.0 Å². The first-order valence-electron chi connectivity index (χ1n) is 8.84. The van der Waals surface area contributed by atoms with Gasteiger partial charge in [0.15, 0.2) is 0 Å². The van der Waals surface area contributed by atoms with Crippen molar-refractivity contribution in [1.29, 1.82) is 0 Å². The predicted molar refractivity (Wildman–Crippen MR) is 101 cm³/mol. The Hall–Kier alpha value is -3.35. The van der Waals surface area contributed by atoms with Crippen molar-refractivity contribution >= 4 is 18.0 Å². The first kappa shape index (κ1) is 21.0. The lowest BCUT2D eigenvalue weighted by atomic mass is 10.0. The molecule has 7 nitrogen and oxygen atoms in total. The maximum Gasteiger partial charge on any atom is 0.408 e. The summed E-state index contributed by atoms with van der Waals surface area (Å²) in [6.45, 7) is 3.47. The Labute approximate surface area is 163 Å². The van der Waals surface area contributed by atoms with E-state index in [2.05, 4.69) is 5.32 Å². The van der Waals surface area contributed by atoms with E-state index in [4.69, 9.17) is 9.47 Å². The van der Waals surface area contributed by atoms with Gasteiger partial charge in [-0.25, -0.2) is 14.4 Å². The number of carbonyl (C=O) groups is 3. The predicted octanol–water partition coefficient (Wildman–Crippen LogP) is 3.31. The summed E-state index contributed by atoms with van der Waals surface area (Å²) in [7, 11) is 0. The number of hydrogen-bond acceptors (Lipinski definition) is 5. The van der Waals surface area contributed by atoms with Gasteiger partial charge < -0.3 is 19.9 Å². The number of benzene rings is 2. The summed E-state index contributed by atoms with van der Waals surface area (Å²) in [5.74, 6) is -2.47. The van der Waals surface area contributed by atoms with E-state index >= 15 is 0 Å². The van der Waals surface area contributed by atoms with Crippen LogP contribution in [0.4, 0.5) is 4.79 Å². The second-order valence-electron chi connectivity index (χ2n) is 6.49. The van der Waals surface area contributed by atoms with E-state index in [1.165, 1.54) is 0 Å². The number of esters is 1. The first-order chi connectivity index (χ1) is 13.4. The number of aliphatic carboxylic acids is 1. The molecule has 1 amide bonds. The lowest BCUT2D eigenvalue weighted by Crippen LogP contribution is -2.46. The standard InChI is InChI=1S/C21H23NO6/c1-14(2)17(22-21(26)27-13-15-9-5-3-6-10-15)20(25)28-18(19(23)24)16-11-7-4-8-12-16/h3-12,14,17-18H,13H2,1-2H3,(H,22,26)(H,23,24)/t17-,18?/m0/s1. The third kappa shape index (κ3) is 6.12. The van der Waals surface area contributed by atoms with Crippen LogP contribution in [0, 0.1) is 5.92 Å². The molecule has 0 saturated heterocycles. The molecule has 0 saturated carbocycles. The van der Waals surface area contributed by atoms with Gasteiger partial charge in [-0.2, -0.15) is 0 Å². The number of hydrogen-bond donors (Lipinski definition) is 2. The minimum atomic E-state index is -1.46. The monoisotopic (exact) mass is 385 g/mol. The molecular formula is C21H23NO6. The van der Waals surface area contributed by atoms with Gasteiger partial charge in [-0.1, -0.05) is 74.5 Å². The fourth-order valence-electron chi connectivity index (χ4n) is 2.47. The van der Waals surface area contributed by atoms with Crippen LogP contribution >= 0.6 is 0 Å². The van der Waals surface area contributed by atoms with Gasteiger partial charge in [0.2, 0.25) is 6.10 Å². The van der Waals surface area contributed by atoms with Crippen LogP contribution in [0.15, 0.2) is 60.7 Å². The molecule has 0 aliphatic heterocycles. The maximum atomic E-state index is 12.5. The largest absolute Gasteiger partial charge is 0.478 e. The van der Waals surface area contributed by atoms with Gasteiger partial charge in [0.25, 0.3) is 0 Å². The summed E-state index contributed by atoms with van der Waals surface area (Å²) in [6.07, 6.45) is -2.25. The molecule has 2 N–H and O–H groups in total. The minimum Gasteiger partial charge on any atom is -0.478 e. The Balaban J connectivity index is 2.00. The Morgan fingerprint density at radius 2 is 1.54 bits per heavy atom. The van der Waals surface area contributed by atoms with Gasteiger partial charge in [0, 0.05) is 5.56 Å². The van der Waals surface area contributed by atoms with Crippen molar-refractivity contribution in [2.75, 3.05) is 0 Å². The van der Waals surface area contributed by atoms with E-state index < -0.39 is 30.2 Å². The summed E-state index contributed by atoms with van der Waals surface area (Å²) < 4.78 is 10.3. The van der Waals surface area contributed by atoms with Gasteiger partial charge in [-0.15, -0.1) is 0 Å². The summed E-state index contributed by atoms with van der Waals surface area (Å²) in [5, 5.41) is 11.9. The van der Waals surface area contributed by atoms with E-state index in [-0.39, 0.29) is 12.5 Å². The highest BCUT2D eigenvalue weighted by molar-refractivity contribution is 5.84. The van der Waals surface area contributed by atoms with Crippen LogP contribution in [0.1, 0.15) is 31.1 Å². The van der Waals surface area contributed by atoms with Crippen molar-refractivity contribution in [3.8, 4) is 0 Å². The fraction of sp³-hybridized carbons (Fsp3) is 0.286. The zero-order valence-corrected chi connectivity index (χ0v) is 15.7. The zero-order chi connectivity index (χ0) is 20.5. The molecule has 0 fully saturated rings. The molecule has 2 aromatic carbocycles. The number of carboxylic acid groups (broad SMARTS) is 1. The molecule has 1 unspecified atom stereocenters. The van der Waals surface area contributed by atoms with Crippen molar-refractivity contribution in [2.24, 2.45) is 5.92 Å². The third-order valence-corrected chi connectivity index (χ3v) is 3.97. The Morgan fingerprint density at radius 1 is 0.964 bits per heavy atom. The quantitative estimate of drug-likeness (QED) is 0.676. The maximum absolute atomic E-state index is 12.5. The number of alkyl carbamates (subject to hydrolysis) is 1. The van der Waals surface area contributed by atoms with E-state index in [9.17, 15) is 19.5 Å². The molecule has 0 aliphatic carbocycles. The lowest BCUT2D eigenvalue weighted by molar-refractivity contribution is -0.166. The van der Waals surface area contributed by atoms with Crippen molar-refractivity contribution in [3.05, 3.63) is 71.8 Å². The van der Waals surface area contributed by atoms with Crippen LogP contribution < -0.4 is 5.32 Å². The molecular weight excluding hydrogens is 362 g/mol. The highest BCUT2D eigenvalue weighted by atomic mass is 16.6. The molecule has 148 valence electrons. The molecule has 2 atom stereocenters. The minimum absolute atomic E-state index is 0.0499. The average molecular weight is 385 g/mol. The van der Waals surface area contributed by atoms with E-state index in [0.717, 1.165) is 5.56 Å². The molecule has 2 aromatic rings. The van der Waals surface area contributed by atoms with Gasteiger partial charge in [-0.3, -0.25) is 0 Å². The number of carboxylic acids is 1. The SMILES string of the molecule is CC(C)[C@H](NC(=O)OCc1ccccc1)C(=O)OC(C(=O)O)c1ccccc1. The third-order valence-electron chi connectivity index (χ3n) is 3.97. The summed E-state index contributed by atoms with van der Waals surface area (Å²) in [5.41, 5.74) is 1.13. The molecule has 0 bridgehead atoms. The van der Waals surface area contributed by atoms with Crippen LogP contribution in [0.2, 0.25) is 0 Å². The number of nitrogens with one attached hydrogen (secondary N) is 1. The number of carbonyl (C=O) groups excluding carboxylic acids is 2. The Morgan fingerprint density at radius 3 is 2.07 bits per heavy atom. The fourth-order valence-corrected chi connectivity index (χ4v) is 2.47. The smallest absolute Gasteiger partial charge is 0.408 e. The van der Waals surface area contributed by atoms with Crippen LogP contribution in [0.3, 0.4) is 0 Å². The highest BCUT2D eigenvalue weighted by Crippen LogP contribution is 2.19. The normalized spacial score (nSPS) is 12.7. The number of ether oxygens (including phenoxy) is 2. The number of rotatable bonds is 8. The number of amides is 1. The molecule has 0 aliphatic rings. The van der Waals surface area contributed by atoms with E-state index in [0.29, 0.717) is 5.56 Å². The van der Waals surface area contributed by atoms with Crippen molar-refractivity contribution in [2.45, 2.75) is 32.6 Å². The molecule has 28 heavy (non-hydrogen) atoms. The van der Waals surface area contributed by atoms with Crippen LogP contribution in [-0.4, -0.2) is 29.2 Å². The Kier molecular flexibility index (Phi) is 7.56. The van der Waals surface area contributed by atoms with E-state index in [1.54, 1.807) is 56.3 Å². The van der Waals surface area contributed by atoms with Crippen molar-refractivity contribution in [1.82, 2.24) is 5.32 Å². The molecule has 0 aromatic heterocycles. The first-order valence-corrected chi connectivity index (χ1v) is 8.84. The van der Waals surface area contributed by atoms with Crippen molar-refractivity contribution in [3.63, 3.8) is 0 Å². The molecule has 0 radical (unpaired) electrons. The summed E-state index contributed by atoms with van der Waals surface area (Å²) in [4.78, 5) is 36.1. The van der Waals surface area contributed by atoms with Crippen LogP contribution in [-0.2, 0) is 25.7 Å². The lowest BCUT2D eigenvalue weighted by Gasteiger charge is -2.23. The van der Waals surface area contributed by atoms with Gasteiger partial charge >= 0.3 is 18.0 Å². The molecule has 7 heteroatoms. The highest BCUT2D eigenvalue weighted by Gasteiger charge is 2.32. The van der Waals surface area contributed by atoms with Crippen LogP contribution in [0.5, 0.6) is 0 Å². The van der Waals surface area contributed by atoms with Gasteiger partial charge in [-0.05, 0) is 11.5 Å². The zero-order valence-electron chi connectivity index (χ0n) is 15.7. The van der Waals surface area contributed by atoms with E-state index in [1.807, 2.05) is 18.2 Å². The second kappa shape index (κ2) is 10.1. The molecule has 2 rings (SSSR count). The summed E-state index contributed by atoms with van der Waals surface area (Å²) in [6, 6.07) is 16.2. The average Bonchev–Trinajstić information content (AvgIpc) is 2.69. The van der Waals surface area contributed by atoms with Gasteiger partial charge in [0.05, 0.1) is 0 Å². The van der Waals surface area contributed by atoms with Gasteiger partial charge in [0.1, 0.15) is 12.6 Å². The van der Waals surface area contributed by atoms with Crippen LogP contribution in [0.25, 0.3) is 0 Å². The topological polar surface area (TPSA) is 102 Å². The second-order valence-corrected chi connectivity index (χ2v) is 6.49. The molecule has 0 heterocycles. The molecule has 0 spiro atoms. The Bertz CT molecular complexity index is 791. The summed E-state index contributed by atoms with van der Waals surface area (Å²) >= 11 is 0.